The van der Waals surface area contributed by atoms with Crippen LogP contribution >= 0.6 is 0 Å². The van der Waals surface area contributed by atoms with Gasteiger partial charge in [0, 0.05) is 26.7 Å². The van der Waals surface area contributed by atoms with E-state index in [2.05, 4.69) is 6.92 Å². The number of amides is 2. The van der Waals surface area contributed by atoms with E-state index >= 15 is 0 Å². The third-order valence-electron chi connectivity index (χ3n) is 2.32. The SMILES string of the molecule is CCCN1CC(CN)N(C)C1=O. The Kier molecular flexibility index (Phi) is 2.92. The predicted octanol–water partition coefficient (Wildman–Crippen LogP) is 0.0911. The van der Waals surface area contributed by atoms with Crippen LogP contribution in [-0.2, 0) is 0 Å². The van der Waals surface area contributed by atoms with Gasteiger partial charge in [-0.1, -0.05) is 6.92 Å². The van der Waals surface area contributed by atoms with Crippen molar-refractivity contribution < 1.29 is 4.79 Å². The molecule has 4 nitrogen and oxygen atoms in total. The first-order valence-electron chi connectivity index (χ1n) is 4.42. The number of carbonyl (C=O) groups excluding carboxylic acids is 1. The average Bonchev–Trinajstić information content (AvgIpc) is 2.33. The first kappa shape index (κ1) is 9.32. The van der Waals surface area contributed by atoms with E-state index in [1.165, 1.54) is 0 Å². The Morgan fingerprint density at radius 2 is 2.33 bits per heavy atom. The molecule has 1 atom stereocenters. The maximum atomic E-state index is 11.5. The van der Waals surface area contributed by atoms with Crippen LogP contribution in [0.3, 0.4) is 0 Å². The van der Waals surface area contributed by atoms with E-state index in [-0.39, 0.29) is 12.1 Å². The molecule has 1 rings (SSSR count). The van der Waals surface area contributed by atoms with Gasteiger partial charge in [-0.05, 0) is 6.42 Å². The molecular formula is C8H17N3O. The van der Waals surface area contributed by atoms with Crippen molar-refractivity contribution in [2.24, 2.45) is 5.73 Å². The number of nitrogens with two attached hydrogens (primary N) is 1. The first-order chi connectivity index (χ1) is 5.70. The molecule has 0 aliphatic carbocycles. The molecule has 1 fully saturated rings. The number of hydrogen-bond donors (Lipinski definition) is 1. The molecule has 0 aromatic heterocycles. The summed E-state index contributed by atoms with van der Waals surface area (Å²) < 4.78 is 0. The van der Waals surface area contributed by atoms with Gasteiger partial charge in [-0.15, -0.1) is 0 Å². The molecule has 0 spiro atoms. The van der Waals surface area contributed by atoms with Gasteiger partial charge in [-0.25, -0.2) is 4.79 Å². The molecule has 0 aromatic carbocycles. The summed E-state index contributed by atoms with van der Waals surface area (Å²) in [5.41, 5.74) is 5.52. The van der Waals surface area contributed by atoms with E-state index < -0.39 is 0 Å². The van der Waals surface area contributed by atoms with Gasteiger partial charge in [0.15, 0.2) is 0 Å². The fraction of sp³-hybridized carbons (Fsp3) is 0.875. The summed E-state index contributed by atoms with van der Waals surface area (Å²) in [7, 11) is 1.82. The topological polar surface area (TPSA) is 49.6 Å². The van der Waals surface area contributed by atoms with Crippen LogP contribution < -0.4 is 5.73 Å². The van der Waals surface area contributed by atoms with Gasteiger partial charge in [-0.3, -0.25) is 0 Å². The van der Waals surface area contributed by atoms with Crippen molar-refractivity contribution in [2.75, 3.05) is 26.7 Å². The Morgan fingerprint density at radius 3 is 2.75 bits per heavy atom. The van der Waals surface area contributed by atoms with Crippen LogP contribution in [-0.4, -0.2) is 48.6 Å². The molecular weight excluding hydrogens is 154 g/mol. The van der Waals surface area contributed by atoms with Crippen LogP contribution in [0.2, 0.25) is 0 Å². The normalized spacial score (nSPS) is 23.9. The number of rotatable bonds is 3. The highest BCUT2D eigenvalue weighted by Gasteiger charge is 2.32. The summed E-state index contributed by atoms with van der Waals surface area (Å²) in [6, 6.07) is 0.330. The van der Waals surface area contributed by atoms with Gasteiger partial charge in [0.2, 0.25) is 0 Å². The average molecular weight is 171 g/mol. The van der Waals surface area contributed by atoms with Gasteiger partial charge >= 0.3 is 6.03 Å². The molecule has 70 valence electrons. The number of hydrogen-bond acceptors (Lipinski definition) is 2. The Bertz CT molecular complexity index is 172. The minimum atomic E-state index is 0.118. The summed E-state index contributed by atoms with van der Waals surface area (Å²) >= 11 is 0. The quantitative estimate of drug-likeness (QED) is 0.654. The standard InChI is InChI=1S/C8H17N3O/c1-3-4-11-6-7(5-9)10(2)8(11)12/h7H,3-6,9H2,1-2H3. The zero-order valence-corrected chi connectivity index (χ0v) is 7.79. The summed E-state index contributed by atoms with van der Waals surface area (Å²) in [4.78, 5) is 15.1. The van der Waals surface area contributed by atoms with Crippen LogP contribution in [0.1, 0.15) is 13.3 Å². The Balaban J connectivity index is 2.54. The van der Waals surface area contributed by atoms with Crippen LogP contribution in [0.25, 0.3) is 0 Å². The lowest BCUT2D eigenvalue weighted by Crippen LogP contribution is -2.35. The van der Waals surface area contributed by atoms with Gasteiger partial charge in [-0.2, -0.15) is 0 Å². The van der Waals surface area contributed by atoms with Gasteiger partial charge in [0.25, 0.3) is 0 Å². The highest BCUT2D eigenvalue weighted by molar-refractivity contribution is 5.76. The van der Waals surface area contributed by atoms with E-state index in [0.29, 0.717) is 6.54 Å². The second-order valence-electron chi connectivity index (χ2n) is 3.23. The lowest BCUT2D eigenvalue weighted by atomic mass is 10.3. The van der Waals surface area contributed by atoms with Crippen molar-refractivity contribution in [3.05, 3.63) is 0 Å². The fourth-order valence-corrected chi connectivity index (χ4v) is 1.52. The van der Waals surface area contributed by atoms with Crippen molar-refractivity contribution >= 4 is 6.03 Å². The maximum Gasteiger partial charge on any atom is 0.320 e. The van der Waals surface area contributed by atoms with Crippen molar-refractivity contribution in [3.63, 3.8) is 0 Å². The monoisotopic (exact) mass is 171 g/mol. The van der Waals surface area contributed by atoms with Crippen molar-refractivity contribution in [2.45, 2.75) is 19.4 Å². The molecule has 1 unspecified atom stereocenters. The molecule has 12 heavy (non-hydrogen) atoms. The Hall–Kier alpha value is -0.770. The molecule has 0 bridgehead atoms. The minimum absolute atomic E-state index is 0.118. The molecule has 1 heterocycles. The highest BCUT2D eigenvalue weighted by Crippen LogP contribution is 2.12. The Labute approximate surface area is 73.3 Å². The number of urea groups is 1. The Morgan fingerprint density at radius 1 is 1.67 bits per heavy atom. The zero-order valence-electron chi connectivity index (χ0n) is 7.79. The maximum absolute atomic E-state index is 11.5. The molecule has 2 amide bonds. The fourth-order valence-electron chi connectivity index (χ4n) is 1.52. The molecule has 2 N–H and O–H groups in total. The van der Waals surface area contributed by atoms with E-state index in [4.69, 9.17) is 5.73 Å². The van der Waals surface area contributed by atoms with Gasteiger partial charge < -0.3 is 15.5 Å². The van der Waals surface area contributed by atoms with Crippen LogP contribution in [0.4, 0.5) is 4.79 Å². The number of carbonyl (C=O) groups is 1. The third kappa shape index (κ3) is 1.53. The third-order valence-corrected chi connectivity index (χ3v) is 2.32. The van der Waals surface area contributed by atoms with Crippen molar-refractivity contribution in [3.8, 4) is 0 Å². The summed E-state index contributed by atoms with van der Waals surface area (Å²) in [6.07, 6.45) is 1.01. The summed E-state index contributed by atoms with van der Waals surface area (Å²) in [6.45, 7) is 4.27. The minimum Gasteiger partial charge on any atom is -0.328 e. The largest absolute Gasteiger partial charge is 0.328 e. The zero-order chi connectivity index (χ0) is 9.14. The predicted molar refractivity (Wildman–Crippen MR) is 47.9 cm³/mol. The van der Waals surface area contributed by atoms with Gasteiger partial charge in [0.1, 0.15) is 0 Å². The molecule has 0 saturated carbocycles. The molecule has 1 aliphatic heterocycles. The van der Waals surface area contributed by atoms with Gasteiger partial charge in [0.05, 0.1) is 6.04 Å². The van der Waals surface area contributed by atoms with E-state index in [1.54, 1.807) is 4.90 Å². The van der Waals surface area contributed by atoms with Crippen molar-refractivity contribution in [1.29, 1.82) is 0 Å². The molecule has 4 heteroatoms. The highest BCUT2D eigenvalue weighted by atomic mass is 16.2. The smallest absolute Gasteiger partial charge is 0.320 e. The van der Waals surface area contributed by atoms with Crippen molar-refractivity contribution in [1.82, 2.24) is 9.80 Å². The van der Waals surface area contributed by atoms with Crippen LogP contribution in [0, 0.1) is 0 Å². The van der Waals surface area contributed by atoms with E-state index in [1.807, 2.05) is 11.9 Å². The molecule has 1 saturated heterocycles. The summed E-state index contributed by atoms with van der Waals surface area (Å²) in [5, 5.41) is 0. The van der Waals surface area contributed by atoms with E-state index in [9.17, 15) is 4.79 Å². The molecule has 1 aliphatic rings. The second kappa shape index (κ2) is 3.76. The van der Waals surface area contributed by atoms with E-state index in [0.717, 1.165) is 19.5 Å². The van der Waals surface area contributed by atoms with Crippen LogP contribution in [0.15, 0.2) is 0 Å². The number of likely N-dealkylation sites (N-methyl/N-ethyl adjacent to an activating group) is 1. The van der Waals surface area contributed by atoms with Crippen LogP contribution in [0.5, 0.6) is 0 Å². The lowest BCUT2D eigenvalue weighted by Gasteiger charge is -2.15. The summed E-state index contributed by atoms with van der Waals surface area (Å²) in [5.74, 6) is 0. The lowest BCUT2D eigenvalue weighted by molar-refractivity contribution is 0.196. The molecule has 0 aromatic rings. The molecule has 0 radical (unpaired) electrons. The first-order valence-corrected chi connectivity index (χ1v) is 4.42. The number of nitrogens with zero attached hydrogens (tertiary/aromatic N) is 2. The second-order valence-corrected chi connectivity index (χ2v) is 3.23.